The van der Waals surface area contributed by atoms with Crippen LogP contribution in [-0.4, -0.2) is 26.3 Å². The van der Waals surface area contributed by atoms with Gasteiger partial charge in [-0.3, -0.25) is 0 Å². The first-order valence-corrected chi connectivity index (χ1v) is 4.00. The van der Waals surface area contributed by atoms with Gasteiger partial charge in [-0.1, -0.05) is 6.92 Å². The lowest BCUT2D eigenvalue weighted by Crippen LogP contribution is -2.33. The Labute approximate surface area is 69.3 Å². The van der Waals surface area contributed by atoms with Crippen molar-refractivity contribution in [1.82, 2.24) is 5.32 Å². The molecule has 0 aromatic heterocycles. The lowest BCUT2D eigenvalue weighted by atomic mass is 10.2. The maximum atomic E-state index is 5.19. The fourth-order valence-electron chi connectivity index (χ4n) is 0.882. The molecule has 0 fully saturated rings. The first kappa shape index (κ1) is 10.5. The second-order valence-corrected chi connectivity index (χ2v) is 2.51. The highest BCUT2D eigenvalue weighted by atomic mass is 16.5. The largest absolute Gasteiger partial charge is 0.383 e. The molecule has 1 atom stereocenters. The second-order valence-electron chi connectivity index (χ2n) is 2.51. The number of nitrogens with one attached hydrogen (secondary N) is 1. The van der Waals surface area contributed by atoms with Crippen molar-refractivity contribution in [3.8, 4) is 12.3 Å². The summed E-state index contributed by atoms with van der Waals surface area (Å²) in [6.45, 7) is 3.84. The van der Waals surface area contributed by atoms with Gasteiger partial charge in [0.15, 0.2) is 0 Å². The van der Waals surface area contributed by atoms with Crippen molar-refractivity contribution in [2.45, 2.75) is 25.8 Å². The molecule has 1 unspecified atom stereocenters. The van der Waals surface area contributed by atoms with Crippen molar-refractivity contribution < 1.29 is 4.74 Å². The van der Waals surface area contributed by atoms with E-state index in [0.717, 1.165) is 19.4 Å². The highest BCUT2D eigenvalue weighted by Crippen LogP contribution is 1.90. The predicted molar refractivity (Wildman–Crippen MR) is 47.4 cm³/mol. The highest BCUT2D eigenvalue weighted by Gasteiger charge is 2.03. The van der Waals surface area contributed by atoms with Gasteiger partial charge in [0.25, 0.3) is 0 Å². The Morgan fingerprint density at radius 3 is 2.82 bits per heavy atom. The van der Waals surface area contributed by atoms with Crippen LogP contribution in [0.1, 0.15) is 19.8 Å². The molecule has 2 nitrogen and oxygen atoms in total. The minimum absolute atomic E-state index is 0.324. The normalized spacial score (nSPS) is 12.5. The van der Waals surface area contributed by atoms with Gasteiger partial charge >= 0.3 is 0 Å². The molecule has 0 saturated heterocycles. The van der Waals surface area contributed by atoms with Crippen LogP contribution in [0.4, 0.5) is 0 Å². The third-order valence-corrected chi connectivity index (χ3v) is 1.42. The SMILES string of the molecule is C#CCC(COC)NCCC. The molecule has 0 rings (SSSR count). The average molecular weight is 155 g/mol. The zero-order valence-corrected chi connectivity index (χ0v) is 7.39. The van der Waals surface area contributed by atoms with E-state index in [1.54, 1.807) is 7.11 Å². The van der Waals surface area contributed by atoms with Crippen LogP contribution in [0.25, 0.3) is 0 Å². The topological polar surface area (TPSA) is 21.3 Å². The van der Waals surface area contributed by atoms with Crippen LogP contribution in [-0.2, 0) is 4.74 Å². The van der Waals surface area contributed by atoms with Gasteiger partial charge in [0, 0.05) is 19.6 Å². The second kappa shape index (κ2) is 7.59. The van der Waals surface area contributed by atoms with Crippen molar-refractivity contribution in [3.63, 3.8) is 0 Å². The minimum atomic E-state index is 0.324. The van der Waals surface area contributed by atoms with E-state index in [0.29, 0.717) is 12.6 Å². The maximum absolute atomic E-state index is 5.19. The molecule has 0 aliphatic carbocycles. The molecule has 11 heavy (non-hydrogen) atoms. The van der Waals surface area contributed by atoms with Crippen LogP contribution in [0.5, 0.6) is 0 Å². The smallest absolute Gasteiger partial charge is 0.0625 e. The molecule has 64 valence electrons. The molecular formula is C9H17NO. The summed E-state index contributed by atoms with van der Waals surface area (Å²) in [5, 5.41) is 3.30. The van der Waals surface area contributed by atoms with Gasteiger partial charge in [0.1, 0.15) is 0 Å². The predicted octanol–water partition coefficient (Wildman–Crippen LogP) is 1.02. The summed E-state index contributed by atoms with van der Waals surface area (Å²) in [5.74, 6) is 2.62. The highest BCUT2D eigenvalue weighted by molar-refractivity contribution is 4.89. The number of terminal acetylenes is 1. The summed E-state index contributed by atoms with van der Waals surface area (Å²) in [6, 6.07) is 0.324. The van der Waals surface area contributed by atoms with Gasteiger partial charge in [0.2, 0.25) is 0 Å². The summed E-state index contributed by atoms with van der Waals surface area (Å²) in [5.41, 5.74) is 0. The van der Waals surface area contributed by atoms with Crippen LogP contribution < -0.4 is 5.32 Å². The van der Waals surface area contributed by atoms with E-state index >= 15 is 0 Å². The average Bonchev–Trinajstić information content (AvgIpc) is 2.01. The third-order valence-electron chi connectivity index (χ3n) is 1.42. The Balaban J connectivity index is 3.44. The zero-order chi connectivity index (χ0) is 8.53. The van der Waals surface area contributed by atoms with Gasteiger partial charge in [-0.15, -0.1) is 12.3 Å². The fraction of sp³-hybridized carbons (Fsp3) is 0.778. The molecule has 0 aliphatic heterocycles. The molecule has 0 bridgehead atoms. The first-order valence-electron chi connectivity index (χ1n) is 4.00. The Kier molecular flexibility index (Phi) is 7.23. The van der Waals surface area contributed by atoms with Gasteiger partial charge in [-0.25, -0.2) is 0 Å². The number of methoxy groups -OCH3 is 1. The van der Waals surface area contributed by atoms with Crippen LogP contribution in [0.3, 0.4) is 0 Å². The van der Waals surface area contributed by atoms with Crippen LogP contribution >= 0.6 is 0 Å². The monoisotopic (exact) mass is 155 g/mol. The number of hydrogen-bond acceptors (Lipinski definition) is 2. The fourth-order valence-corrected chi connectivity index (χ4v) is 0.882. The van der Waals surface area contributed by atoms with E-state index in [1.165, 1.54) is 0 Å². The van der Waals surface area contributed by atoms with Gasteiger partial charge < -0.3 is 10.1 Å². The Morgan fingerprint density at radius 1 is 1.64 bits per heavy atom. The quantitative estimate of drug-likeness (QED) is 0.578. The summed E-state index contributed by atoms with van der Waals surface area (Å²) < 4.78 is 5.00. The Morgan fingerprint density at radius 2 is 2.36 bits per heavy atom. The minimum Gasteiger partial charge on any atom is -0.383 e. The van der Waals surface area contributed by atoms with Crippen LogP contribution in [0, 0.1) is 12.3 Å². The van der Waals surface area contributed by atoms with Crippen molar-refractivity contribution in [2.24, 2.45) is 0 Å². The summed E-state index contributed by atoms with van der Waals surface area (Å²) in [7, 11) is 1.69. The van der Waals surface area contributed by atoms with E-state index in [-0.39, 0.29) is 0 Å². The van der Waals surface area contributed by atoms with Crippen LogP contribution in [0.15, 0.2) is 0 Å². The molecule has 2 heteroatoms. The van der Waals surface area contributed by atoms with Gasteiger partial charge in [-0.2, -0.15) is 0 Å². The number of ether oxygens (including phenoxy) is 1. The Hall–Kier alpha value is -0.520. The Bertz CT molecular complexity index is 117. The van der Waals surface area contributed by atoms with Crippen molar-refractivity contribution in [1.29, 1.82) is 0 Å². The molecular weight excluding hydrogens is 138 g/mol. The molecule has 0 aromatic rings. The van der Waals surface area contributed by atoms with Crippen molar-refractivity contribution >= 4 is 0 Å². The number of rotatable bonds is 6. The lowest BCUT2D eigenvalue weighted by molar-refractivity contribution is 0.168. The van der Waals surface area contributed by atoms with Gasteiger partial charge in [-0.05, 0) is 13.0 Å². The lowest BCUT2D eigenvalue weighted by Gasteiger charge is -2.13. The molecule has 0 saturated carbocycles. The van der Waals surface area contributed by atoms with Crippen LogP contribution in [0.2, 0.25) is 0 Å². The molecule has 0 amide bonds. The first-order chi connectivity index (χ1) is 5.35. The van der Waals surface area contributed by atoms with E-state index in [4.69, 9.17) is 11.2 Å². The molecule has 0 heterocycles. The van der Waals surface area contributed by atoms with E-state index < -0.39 is 0 Å². The molecule has 0 aromatic carbocycles. The maximum Gasteiger partial charge on any atom is 0.0625 e. The molecule has 0 radical (unpaired) electrons. The zero-order valence-electron chi connectivity index (χ0n) is 7.39. The number of hydrogen-bond donors (Lipinski definition) is 1. The summed E-state index contributed by atoms with van der Waals surface area (Å²) in [6.07, 6.45) is 7.06. The molecule has 1 N–H and O–H groups in total. The van der Waals surface area contributed by atoms with Crippen molar-refractivity contribution in [2.75, 3.05) is 20.3 Å². The van der Waals surface area contributed by atoms with E-state index in [2.05, 4.69) is 18.2 Å². The molecule has 0 aliphatic rings. The summed E-state index contributed by atoms with van der Waals surface area (Å²) in [4.78, 5) is 0. The summed E-state index contributed by atoms with van der Waals surface area (Å²) >= 11 is 0. The van der Waals surface area contributed by atoms with Crippen molar-refractivity contribution in [3.05, 3.63) is 0 Å². The van der Waals surface area contributed by atoms with E-state index in [9.17, 15) is 0 Å². The standard InChI is InChI=1S/C9H17NO/c1-4-6-9(8-11-3)10-7-5-2/h1,9-10H,5-8H2,2-3H3. The molecule has 0 spiro atoms. The third kappa shape index (κ3) is 5.90. The van der Waals surface area contributed by atoms with Gasteiger partial charge in [0.05, 0.1) is 6.61 Å². The van der Waals surface area contributed by atoms with E-state index in [1.807, 2.05) is 0 Å².